The summed E-state index contributed by atoms with van der Waals surface area (Å²) in [5, 5.41) is 0. The number of hydrogen-bond donors (Lipinski definition) is 0. The summed E-state index contributed by atoms with van der Waals surface area (Å²) in [6, 6.07) is 0. The molecule has 0 rings (SSSR count). The third-order valence-electron chi connectivity index (χ3n) is 0.968. The Bertz CT molecular complexity index is 90.3. The van der Waals surface area contributed by atoms with E-state index in [1.807, 2.05) is 0 Å². The second-order valence-electron chi connectivity index (χ2n) is 1.80. The molecule has 0 spiro atoms. The van der Waals surface area contributed by atoms with Crippen molar-refractivity contribution in [1.29, 1.82) is 0 Å². The van der Waals surface area contributed by atoms with E-state index in [1.54, 1.807) is 0 Å². The van der Waals surface area contributed by atoms with Crippen LogP contribution in [0.25, 0.3) is 0 Å². The Morgan fingerprint density at radius 1 is 1.33 bits per heavy atom. The smallest absolute Gasteiger partial charge is 0.165 e. The minimum Gasteiger partial charge on any atom is -0.244 e. The van der Waals surface area contributed by atoms with Crippen LogP contribution < -0.4 is 0 Å². The van der Waals surface area contributed by atoms with Gasteiger partial charge in [-0.1, -0.05) is 6.08 Å². The van der Waals surface area contributed by atoms with Gasteiger partial charge in [0.05, 0.1) is 0 Å². The largest absolute Gasteiger partial charge is 0.244 e. The fraction of sp³-hybridized carbons (Fsp3) is 0.667. The standard InChI is InChI=1S/C6H9F3/c1-3-5(8)6(9)4(2)7/h3-6H,1H2,2H3. The summed E-state index contributed by atoms with van der Waals surface area (Å²) in [4.78, 5) is 0. The van der Waals surface area contributed by atoms with Crippen LogP contribution in [0.3, 0.4) is 0 Å². The Balaban J connectivity index is 3.71. The van der Waals surface area contributed by atoms with E-state index >= 15 is 0 Å². The van der Waals surface area contributed by atoms with Gasteiger partial charge in [-0.3, -0.25) is 0 Å². The molecule has 0 nitrogen and oxygen atoms in total. The molecule has 0 N–H and O–H groups in total. The molecule has 3 atom stereocenters. The highest BCUT2D eigenvalue weighted by Crippen LogP contribution is 2.11. The van der Waals surface area contributed by atoms with Gasteiger partial charge in [0, 0.05) is 0 Å². The SMILES string of the molecule is C=CC(F)C(F)C(C)F. The first-order chi connectivity index (χ1) is 4.09. The van der Waals surface area contributed by atoms with E-state index < -0.39 is 18.5 Å². The lowest BCUT2D eigenvalue weighted by Gasteiger charge is -2.09. The van der Waals surface area contributed by atoms with Crippen molar-refractivity contribution in [1.82, 2.24) is 0 Å². The van der Waals surface area contributed by atoms with Gasteiger partial charge in [0.15, 0.2) is 12.3 Å². The Hall–Kier alpha value is -0.470. The predicted molar refractivity (Wildman–Crippen MR) is 30.6 cm³/mol. The van der Waals surface area contributed by atoms with Crippen molar-refractivity contribution in [3.05, 3.63) is 12.7 Å². The average Bonchev–Trinajstić information content (AvgIpc) is 1.84. The van der Waals surface area contributed by atoms with Gasteiger partial charge in [-0.2, -0.15) is 0 Å². The van der Waals surface area contributed by atoms with Crippen LogP contribution >= 0.6 is 0 Å². The summed E-state index contributed by atoms with van der Waals surface area (Å²) in [5.74, 6) is 0. The number of allylic oxidation sites excluding steroid dienone is 1. The normalized spacial score (nSPS) is 20.4. The zero-order chi connectivity index (χ0) is 7.44. The number of halogens is 3. The van der Waals surface area contributed by atoms with Crippen molar-refractivity contribution < 1.29 is 13.2 Å². The molecule has 0 saturated carbocycles. The second kappa shape index (κ2) is 3.54. The van der Waals surface area contributed by atoms with Gasteiger partial charge in [-0.25, -0.2) is 13.2 Å². The summed E-state index contributed by atoms with van der Waals surface area (Å²) >= 11 is 0. The van der Waals surface area contributed by atoms with Gasteiger partial charge in [-0.15, -0.1) is 6.58 Å². The van der Waals surface area contributed by atoms with Gasteiger partial charge < -0.3 is 0 Å². The molecule has 0 amide bonds. The molecule has 9 heavy (non-hydrogen) atoms. The second-order valence-corrected chi connectivity index (χ2v) is 1.80. The molecule has 54 valence electrons. The molecule has 3 heteroatoms. The Morgan fingerprint density at radius 3 is 1.89 bits per heavy atom. The van der Waals surface area contributed by atoms with E-state index in [9.17, 15) is 13.2 Å². The first kappa shape index (κ1) is 8.53. The fourth-order valence-electron chi connectivity index (χ4n) is 0.383. The summed E-state index contributed by atoms with van der Waals surface area (Å²) in [6.07, 6.45) is -4.97. The van der Waals surface area contributed by atoms with E-state index in [2.05, 4.69) is 6.58 Å². The minimum absolute atomic E-state index is 0.751. The van der Waals surface area contributed by atoms with Crippen LogP contribution in [-0.2, 0) is 0 Å². The first-order valence-electron chi connectivity index (χ1n) is 2.64. The van der Waals surface area contributed by atoms with Crippen molar-refractivity contribution in [2.24, 2.45) is 0 Å². The number of rotatable bonds is 3. The van der Waals surface area contributed by atoms with Crippen LogP contribution in [0.5, 0.6) is 0 Å². The Morgan fingerprint density at radius 2 is 1.78 bits per heavy atom. The monoisotopic (exact) mass is 138 g/mol. The Labute approximate surface area is 52.4 Å². The summed E-state index contributed by atoms with van der Waals surface area (Å²) in [5.41, 5.74) is 0. The summed E-state index contributed by atoms with van der Waals surface area (Å²) in [6.45, 7) is 3.96. The number of alkyl halides is 3. The Kier molecular flexibility index (Phi) is 3.35. The topological polar surface area (TPSA) is 0 Å². The highest BCUT2D eigenvalue weighted by molar-refractivity contribution is 4.87. The van der Waals surface area contributed by atoms with E-state index in [0.29, 0.717) is 0 Å². The summed E-state index contributed by atoms with van der Waals surface area (Å²) in [7, 11) is 0. The van der Waals surface area contributed by atoms with Crippen LogP contribution in [0.15, 0.2) is 12.7 Å². The van der Waals surface area contributed by atoms with E-state index in [4.69, 9.17) is 0 Å². The molecule has 0 fully saturated rings. The lowest BCUT2D eigenvalue weighted by Crippen LogP contribution is -2.23. The van der Waals surface area contributed by atoms with E-state index in [0.717, 1.165) is 13.0 Å². The molecule has 0 aromatic rings. The third-order valence-corrected chi connectivity index (χ3v) is 0.968. The van der Waals surface area contributed by atoms with Crippen molar-refractivity contribution >= 4 is 0 Å². The molecule has 0 heterocycles. The first-order valence-corrected chi connectivity index (χ1v) is 2.64. The van der Waals surface area contributed by atoms with Crippen molar-refractivity contribution in [2.45, 2.75) is 25.4 Å². The molecule has 0 aromatic carbocycles. The third kappa shape index (κ3) is 2.54. The highest BCUT2D eigenvalue weighted by atomic mass is 19.2. The molecule has 0 radical (unpaired) electrons. The van der Waals surface area contributed by atoms with Crippen LogP contribution in [0, 0.1) is 0 Å². The lowest BCUT2D eigenvalue weighted by molar-refractivity contribution is 0.116. The van der Waals surface area contributed by atoms with Crippen LogP contribution in [0.2, 0.25) is 0 Å². The van der Waals surface area contributed by atoms with Crippen LogP contribution in [-0.4, -0.2) is 18.5 Å². The van der Waals surface area contributed by atoms with Gasteiger partial charge in [0.25, 0.3) is 0 Å². The van der Waals surface area contributed by atoms with Crippen LogP contribution in [0.4, 0.5) is 13.2 Å². The number of hydrogen-bond acceptors (Lipinski definition) is 0. The summed E-state index contributed by atoms with van der Waals surface area (Å²) < 4.78 is 36.0. The zero-order valence-electron chi connectivity index (χ0n) is 5.15. The molecule has 0 aromatic heterocycles. The lowest BCUT2D eigenvalue weighted by atomic mass is 10.2. The van der Waals surface area contributed by atoms with E-state index in [-0.39, 0.29) is 0 Å². The van der Waals surface area contributed by atoms with Gasteiger partial charge in [0.2, 0.25) is 0 Å². The van der Waals surface area contributed by atoms with Gasteiger partial charge in [-0.05, 0) is 6.92 Å². The fourth-order valence-corrected chi connectivity index (χ4v) is 0.383. The van der Waals surface area contributed by atoms with Crippen molar-refractivity contribution in [3.63, 3.8) is 0 Å². The van der Waals surface area contributed by atoms with Crippen molar-refractivity contribution in [3.8, 4) is 0 Å². The molecule has 0 aliphatic heterocycles. The molecular formula is C6H9F3. The van der Waals surface area contributed by atoms with Crippen LogP contribution in [0.1, 0.15) is 6.92 Å². The minimum atomic E-state index is -2.07. The molecular weight excluding hydrogens is 129 g/mol. The molecule has 0 saturated heterocycles. The maximum atomic E-state index is 12.1. The van der Waals surface area contributed by atoms with Gasteiger partial charge >= 0.3 is 0 Å². The maximum Gasteiger partial charge on any atom is 0.165 e. The van der Waals surface area contributed by atoms with Crippen molar-refractivity contribution in [2.75, 3.05) is 0 Å². The quantitative estimate of drug-likeness (QED) is 0.524. The van der Waals surface area contributed by atoms with Gasteiger partial charge in [0.1, 0.15) is 6.17 Å². The molecule has 0 bridgehead atoms. The molecule has 3 unspecified atom stereocenters. The predicted octanol–water partition coefficient (Wildman–Crippen LogP) is 2.21. The zero-order valence-corrected chi connectivity index (χ0v) is 5.15. The molecule has 0 aliphatic carbocycles. The molecule has 0 aliphatic rings. The highest BCUT2D eigenvalue weighted by Gasteiger charge is 2.23. The maximum absolute atomic E-state index is 12.1. The average molecular weight is 138 g/mol. The van der Waals surface area contributed by atoms with E-state index in [1.165, 1.54) is 0 Å².